The zero-order valence-electron chi connectivity index (χ0n) is 16.4. The third-order valence-corrected chi connectivity index (χ3v) is 4.80. The monoisotopic (exact) mass is 381 g/mol. The average Bonchev–Trinajstić information content (AvgIpc) is 3.17. The number of aromatic nitrogens is 2. The summed E-state index contributed by atoms with van der Waals surface area (Å²) in [6.07, 6.45) is 1.23. The predicted molar refractivity (Wildman–Crippen MR) is 105 cm³/mol. The van der Waals surface area contributed by atoms with Crippen LogP contribution in [0.25, 0.3) is 11.4 Å². The second-order valence-corrected chi connectivity index (χ2v) is 6.89. The van der Waals surface area contributed by atoms with Crippen molar-refractivity contribution in [3.05, 3.63) is 71.4 Å². The van der Waals surface area contributed by atoms with Crippen molar-refractivity contribution < 1.29 is 13.7 Å². The minimum atomic E-state index is -0.422. The molecule has 1 heterocycles. The Kier molecular flexibility index (Phi) is 6.19. The van der Waals surface area contributed by atoms with Gasteiger partial charge in [0.25, 0.3) is 5.91 Å². The van der Waals surface area contributed by atoms with Gasteiger partial charge in [0.05, 0.1) is 0 Å². The number of benzene rings is 2. The van der Waals surface area contributed by atoms with Crippen LogP contribution in [0.3, 0.4) is 0 Å². The van der Waals surface area contributed by atoms with Crippen molar-refractivity contribution in [2.24, 2.45) is 0 Å². The van der Waals surface area contributed by atoms with Gasteiger partial charge in [-0.2, -0.15) is 4.98 Å². The van der Waals surface area contributed by atoms with E-state index in [0.717, 1.165) is 17.5 Å². The Bertz CT molecular complexity index is 937. The molecule has 28 heavy (non-hydrogen) atoms. The fourth-order valence-corrected chi connectivity index (χ4v) is 2.92. The maximum absolute atomic E-state index is 13.5. The highest BCUT2D eigenvalue weighted by Crippen LogP contribution is 2.18. The minimum Gasteiger partial charge on any atom is -0.339 e. The molecule has 0 spiro atoms. The van der Waals surface area contributed by atoms with E-state index in [9.17, 15) is 9.18 Å². The normalized spacial score (nSPS) is 12.0. The molecule has 3 aromatic rings. The first-order valence-corrected chi connectivity index (χ1v) is 9.44. The molecule has 3 rings (SSSR count). The largest absolute Gasteiger partial charge is 0.339 e. The van der Waals surface area contributed by atoms with Crippen LogP contribution in [0.4, 0.5) is 4.39 Å². The lowest BCUT2D eigenvalue weighted by Crippen LogP contribution is -2.39. The van der Waals surface area contributed by atoms with Crippen molar-refractivity contribution in [3.63, 3.8) is 0 Å². The van der Waals surface area contributed by atoms with Gasteiger partial charge in [-0.15, -0.1) is 0 Å². The maximum Gasteiger partial charge on any atom is 0.254 e. The summed E-state index contributed by atoms with van der Waals surface area (Å²) in [5, 5.41) is 4.03. The van der Waals surface area contributed by atoms with E-state index in [2.05, 4.69) is 10.1 Å². The highest BCUT2D eigenvalue weighted by molar-refractivity contribution is 5.94. The van der Waals surface area contributed by atoms with Gasteiger partial charge in [-0.1, -0.05) is 48.0 Å². The van der Waals surface area contributed by atoms with Crippen LogP contribution in [-0.4, -0.2) is 33.5 Å². The van der Waals surface area contributed by atoms with Crippen LogP contribution < -0.4 is 0 Å². The highest BCUT2D eigenvalue weighted by atomic mass is 19.1. The van der Waals surface area contributed by atoms with E-state index in [1.54, 1.807) is 17.0 Å². The van der Waals surface area contributed by atoms with E-state index in [1.165, 1.54) is 12.1 Å². The topological polar surface area (TPSA) is 59.2 Å². The van der Waals surface area contributed by atoms with Crippen molar-refractivity contribution in [1.29, 1.82) is 0 Å². The number of hydrogen-bond acceptors (Lipinski definition) is 4. The van der Waals surface area contributed by atoms with E-state index in [4.69, 9.17) is 4.52 Å². The summed E-state index contributed by atoms with van der Waals surface area (Å²) >= 11 is 0. The predicted octanol–water partition coefficient (Wildman–Crippen LogP) is 4.67. The molecule has 6 heteroatoms. The maximum atomic E-state index is 13.5. The summed E-state index contributed by atoms with van der Waals surface area (Å²) in [7, 11) is 0. The number of nitrogens with zero attached hydrogens (tertiary/aromatic N) is 3. The van der Waals surface area contributed by atoms with Gasteiger partial charge >= 0.3 is 0 Å². The van der Waals surface area contributed by atoms with E-state index < -0.39 is 5.82 Å². The Hall–Kier alpha value is -3.02. The van der Waals surface area contributed by atoms with E-state index in [-0.39, 0.29) is 11.9 Å². The molecule has 0 N–H and O–H groups in total. The van der Waals surface area contributed by atoms with Crippen LogP contribution in [0.2, 0.25) is 0 Å². The summed E-state index contributed by atoms with van der Waals surface area (Å²) in [4.78, 5) is 19.0. The Labute approximate surface area is 164 Å². The van der Waals surface area contributed by atoms with Gasteiger partial charge in [0, 0.05) is 30.1 Å². The molecule has 0 saturated heterocycles. The van der Waals surface area contributed by atoms with Gasteiger partial charge in [-0.25, -0.2) is 4.39 Å². The first-order chi connectivity index (χ1) is 13.5. The summed E-state index contributed by atoms with van der Waals surface area (Å²) in [6, 6.07) is 13.7. The lowest BCUT2D eigenvalue weighted by molar-refractivity contribution is 0.0686. The first kappa shape index (κ1) is 19.7. The molecule has 2 aromatic carbocycles. The van der Waals surface area contributed by atoms with Gasteiger partial charge < -0.3 is 9.42 Å². The van der Waals surface area contributed by atoms with E-state index in [1.807, 2.05) is 45.0 Å². The quantitative estimate of drug-likeness (QED) is 0.597. The van der Waals surface area contributed by atoms with Gasteiger partial charge in [0.1, 0.15) is 5.82 Å². The lowest BCUT2D eigenvalue weighted by atomic mass is 10.1. The first-order valence-electron chi connectivity index (χ1n) is 9.44. The Morgan fingerprint density at radius 3 is 2.64 bits per heavy atom. The Morgan fingerprint density at radius 1 is 1.21 bits per heavy atom. The molecule has 5 nitrogen and oxygen atoms in total. The fourth-order valence-electron chi connectivity index (χ4n) is 2.92. The Morgan fingerprint density at radius 2 is 1.96 bits per heavy atom. The standard InChI is InChI=1S/C22H24FN3O2/c1-4-16(3)26(22(27)18-6-5-7-19(23)14-18)13-12-20-24-21(25-28-20)17-10-8-15(2)9-11-17/h5-11,14,16H,4,12-13H2,1-3H3/t16-/m1/s1. The number of carbonyl (C=O) groups excluding carboxylic acids is 1. The summed E-state index contributed by atoms with van der Waals surface area (Å²) in [5.74, 6) is 0.374. The SMILES string of the molecule is CC[C@@H](C)N(CCc1nc(-c2ccc(C)cc2)no1)C(=O)c1cccc(F)c1. The second-order valence-electron chi connectivity index (χ2n) is 6.89. The molecule has 0 aliphatic rings. The number of aryl methyl sites for hydroxylation is 1. The number of halogens is 1. The Balaban J connectivity index is 1.72. The minimum absolute atomic E-state index is 0.00950. The summed E-state index contributed by atoms with van der Waals surface area (Å²) in [6.45, 7) is 6.42. The van der Waals surface area contributed by atoms with Gasteiger partial charge in [0.15, 0.2) is 0 Å². The molecule has 0 aliphatic heterocycles. The molecule has 1 aromatic heterocycles. The molecular weight excluding hydrogens is 357 g/mol. The number of hydrogen-bond donors (Lipinski definition) is 0. The zero-order valence-corrected chi connectivity index (χ0v) is 16.4. The van der Waals surface area contributed by atoms with Crippen LogP contribution in [0, 0.1) is 12.7 Å². The second kappa shape index (κ2) is 8.78. The number of amides is 1. The molecule has 1 amide bonds. The van der Waals surface area contributed by atoms with Crippen LogP contribution in [-0.2, 0) is 6.42 Å². The molecule has 1 atom stereocenters. The average molecular weight is 381 g/mol. The fraction of sp³-hybridized carbons (Fsp3) is 0.318. The molecule has 0 unspecified atom stereocenters. The molecule has 146 valence electrons. The molecule has 0 radical (unpaired) electrons. The van der Waals surface area contributed by atoms with Crippen molar-refractivity contribution >= 4 is 5.91 Å². The molecule has 0 bridgehead atoms. The van der Waals surface area contributed by atoms with Crippen LogP contribution in [0.1, 0.15) is 42.1 Å². The molecule has 0 aliphatic carbocycles. The summed E-state index contributed by atoms with van der Waals surface area (Å²) in [5.41, 5.74) is 2.38. The smallest absolute Gasteiger partial charge is 0.254 e. The van der Waals surface area contributed by atoms with Crippen molar-refractivity contribution in [2.75, 3.05) is 6.54 Å². The lowest BCUT2D eigenvalue weighted by Gasteiger charge is -2.28. The van der Waals surface area contributed by atoms with Crippen molar-refractivity contribution in [1.82, 2.24) is 15.0 Å². The summed E-state index contributed by atoms with van der Waals surface area (Å²) < 4.78 is 18.9. The van der Waals surface area contributed by atoms with Crippen LogP contribution in [0.5, 0.6) is 0 Å². The number of rotatable bonds is 7. The van der Waals surface area contributed by atoms with Gasteiger partial charge in [-0.3, -0.25) is 4.79 Å². The molecule has 0 saturated carbocycles. The van der Waals surface area contributed by atoms with Crippen molar-refractivity contribution in [2.45, 2.75) is 39.7 Å². The zero-order chi connectivity index (χ0) is 20.1. The van der Waals surface area contributed by atoms with Crippen LogP contribution in [0.15, 0.2) is 53.1 Å². The van der Waals surface area contributed by atoms with Gasteiger partial charge in [-0.05, 0) is 38.5 Å². The third-order valence-electron chi connectivity index (χ3n) is 4.80. The van der Waals surface area contributed by atoms with E-state index in [0.29, 0.717) is 30.2 Å². The van der Waals surface area contributed by atoms with Gasteiger partial charge in [0.2, 0.25) is 11.7 Å². The van der Waals surface area contributed by atoms with Crippen molar-refractivity contribution in [3.8, 4) is 11.4 Å². The third kappa shape index (κ3) is 4.63. The molecular formula is C22H24FN3O2. The highest BCUT2D eigenvalue weighted by Gasteiger charge is 2.22. The molecule has 0 fully saturated rings. The number of carbonyl (C=O) groups is 1. The van der Waals surface area contributed by atoms with E-state index >= 15 is 0 Å². The van der Waals surface area contributed by atoms with Crippen LogP contribution >= 0.6 is 0 Å².